The number of rotatable bonds is 4. The number of benzene rings is 2. The monoisotopic (exact) mass is 327 g/mol. The maximum atomic E-state index is 12.8. The zero-order valence-electron chi connectivity index (χ0n) is 12.9. The summed E-state index contributed by atoms with van der Waals surface area (Å²) in [5, 5.41) is 8.65. The van der Waals surface area contributed by atoms with Gasteiger partial charge in [-0.2, -0.15) is 5.26 Å². The van der Waals surface area contributed by atoms with E-state index in [0.29, 0.717) is 5.75 Å². The Hall–Kier alpha value is -2.32. The maximum absolute atomic E-state index is 12.8. The highest BCUT2D eigenvalue weighted by molar-refractivity contribution is 7.92. The normalized spacial score (nSPS) is 23.1. The van der Waals surface area contributed by atoms with Gasteiger partial charge in [-0.1, -0.05) is 29.8 Å². The molecule has 2 aromatic carbocycles. The molecule has 0 spiro atoms. The highest BCUT2D eigenvalue weighted by Gasteiger charge is 2.59. The van der Waals surface area contributed by atoms with E-state index in [1.807, 2.05) is 19.1 Å². The minimum absolute atomic E-state index is 0.280. The Labute approximate surface area is 136 Å². The molecule has 5 heteroatoms. The van der Waals surface area contributed by atoms with Crippen LogP contribution in [0.3, 0.4) is 0 Å². The molecule has 0 amide bonds. The molecule has 4 nitrogen and oxygen atoms in total. The Morgan fingerprint density at radius 3 is 2.17 bits per heavy atom. The minimum atomic E-state index is -3.51. The molecule has 0 bridgehead atoms. The van der Waals surface area contributed by atoms with Crippen LogP contribution in [0.2, 0.25) is 0 Å². The molecule has 0 radical (unpaired) electrons. The lowest BCUT2D eigenvalue weighted by Crippen LogP contribution is -2.10. The second-order valence-electron chi connectivity index (χ2n) is 5.78. The fourth-order valence-corrected chi connectivity index (χ4v) is 5.00. The van der Waals surface area contributed by atoms with E-state index < -0.39 is 21.0 Å². The topological polar surface area (TPSA) is 67.2 Å². The molecule has 1 fully saturated rings. The molecule has 0 heterocycles. The Balaban J connectivity index is 1.92. The van der Waals surface area contributed by atoms with E-state index in [2.05, 4.69) is 6.07 Å². The van der Waals surface area contributed by atoms with Crippen LogP contribution >= 0.6 is 0 Å². The first-order valence-electron chi connectivity index (χ1n) is 7.33. The molecule has 23 heavy (non-hydrogen) atoms. The van der Waals surface area contributed by atoms with E-state index in [-0.39, 0.29) is 10.8 Å². The molecular formula is C18H17NO3S. The lowest BCUT2D eigenvalue weighted by atomic mass is 10.1. The van der Waals surface area contributed by atoms with Gasteiger partial charge in [-0.25, -0.2) is 8.42 Å². The number of methoxy groups -OCH3 is 1. The van der Waals surface area contributed by atoms with Gasteiger partial charge in [-0.3, -0.25) is 0 Å². The van der Waals surface area contributed by atoms with Crippen LogP contribution < -0.4 is 4.74 Å². The fourth-order valence-electron chi connectivity index (χ4n) is 2.93. The van der Waals surface area contributed by atoms with Crippen molar-refractivity contribution in [3.8, 4) is 11.8 Å². The van der Waals surface area contributed by atoms with Crippen molar-refractivity contribution in [2.24, 2.45) is 5.92 Å². The molecule has 3 rings (SSSR count). The van der Waals surface area contributed by atoms with Gasteiger partial charge in [0.1, 0.15) is 5.75 Å². The van der Waals surface area contributed by atoms with Crippen molar-refractivity contribution in [3.63, 3.8) is 0 Å². The number of nitriles is 1. The summed E-state index contributed by atoms with van der Waals surface area (Å²) in [6.07, 6.45) is 0. The Morgan fingerprint density at radius 1 is 1.04 bits per heavy atom. The smallest absolute Gasteiger partial charge is 0.183 e. The van der Waals surface area contributed by atoms with Crippen molar-refractivity contribution in [3.05, 3.63) is 59.7 Å². The highest BCUT2D eigenvalue weighted by atomic mass is 32.2. The maximum Gasteiger partial charge on any atom is 0.183 e. The van der Waals surface area contributed by atoms with Gasteiger partial charge in [0, 0.05) is 5.92 Å². The first kappa shape index (κ1) is 15.6. The van der Waals surface area contributed by atoms with Crippen LogP contribution in [0.15, 0.2) is 53.4 Å². The zero-order valence-corrected chi connectivity index (χ0v) is 13.7. The van der Waals surface area contributed by atoms with Crippen LogP contribution in [-0.4, -0.2) is 20.8 Å². The first-order chi connectivity index (χ1) is 11.0. The standard InChI is InChI=1S/C18H17NO3S/c1-12-3-9-15(10-4-12)23(20,21)18-16(11-19)17(18)13-5-7-14(22-2)8-6-13/h3-10,16-18H,1-2H3/t16-,17-,18-/m1/s1. The van der Waals surface area contributed by atoms with Gasteiger partial charge in [-0.15, -0.1) is 0 Å². The van der Waals surface area contributed by atoms with Crippen molar-refractivity contribution in [2.45, 2.75) is 23.0 Å². The van der Waals surface area contributed by atoms with Crippen molar-refractivity contribution in [2.75, 3.05) is 7.11 Å². The molecule has 0 N–H and O–H groups in total. The molecule has 1 saturated carbocycles. The van der Waals surface area contributed by atoms with E-state index >= 15 is 0 Å². The third-order valence-electron chi connectivity index (χ3n) is 4.31. The summed E-state index contributed by atoms with van der Waals surface area (Å²) < 4.78 is 30.7. The molecule has 3 atom stereocenters. The lowest BCUT2D eigenvalue weighted by Gasteiger charge is -2.05. The average molecular weight is 327 g/mol. The average Bonchev–Trinajstić information content (AvgIpc) is 3.31. The third kappa shape index (κ3) is 2.71. The zero-order chi connectivity index (χ0) is 16.6. The molecular weight excluding hydrogens is 310 g/mol. The summed E-state index contributed by atoms with van der Waals surface area (Å²) >= 11 is 0. The summed E-state index contributed by atoms with van der Waals surface area (Å²) in [6, 6.07) is 16.2. The second kappa shape index (κ2) is 5.71. The van der Waals surface area contributed by atoms with Crippen molar-refractivity contribution < 1.29 is 13.2 Å². The molecule has 0 aliphatic heterocycles. The van der Waals surface area contributed by atoms with Gasteiger partial charge in [-0.05, 0) is 36.8 Å². The SMILES string of the molecule is COc1ccc([C@@H]2[C@@H](C#N)[C@H]2S(=O)(=O)c2ccc(C)cc2)cc1. The summed E-state index contributed by atoms with van der Waals surface area (Å²) in [4.78, 5) is 0.282. The van der Waals surface area contributed by atoms with E-state index in [4.69, 9.17) is 4.74 Å². The van der Waals surface area contributed by atoms with Crippen LogP contribution in [0.25, 0.3) is 0 Å². The number of nitrogens with zero attached hydrogens (tertiary/aromatic N) is 1. The second-order valence-corrected chi connectivity index (χ2v) is 7.88. The predicted molar refractivity (Wildman–Crippen MR) is 87.0 cm³/mol. The molecule has 0 saturated heterocycles. The molecule has 1 aliphatic rings. The Bertz CT molecular complexity index is 849. The van der Waals surface area contributed by atoms with Gasteiger partial charge in [0.25, 0.3) is 0 Å². The third-order valence-corrected chi connectivity index (χ3v) is 6.54. The summed E-state index contributed by atoms with van der Waals surface area (Å²) in [6.45, 7) is 1.91. The van der Waals surface area contributed by atoms with E-state index in [0.717, 1.165) is 11.1 Å². The van der Waals surface area contributed by atoms with Gasteiger partial charge in [0.2, 0.25) is 0 Å². The summed E-state index contributed by atoms with van der Waals surface area (Å²) in [7, 11) is -1.93. The van der Waals surface area contributed by atoms with Crippen LogP contribution in [0.4, 0.5) is 0 Å². The number of sulfone groups is 1. The van der Waals surface area contributed by atoms with Gasteiger partial charge in [0.15, 0.2) is 9.84 Å². The van der Waals surface area contributed by atoms with E-state index in [1.54, 1.807) is 43.5 Å². The molecule has 1 aliphatic carbocycles. The predicted octanol–water partition coefficient (Wildman–Crippen LogP) is 3.08. The Morgan fingerprint density at radius 2 is 1.65 bits per heavy atom. The summed E-state index contributed by atoms with van der Waals surface area (Å²) in [5.74, 6) is -0.0762. The molecule has 2 aromatic rings. The highest BCUT2D eigenvalue weighted by Crippen LogP contribution is 2.53. The van der Waals surface area contributed by atoms with Gasteiger partial charge in [0.05, 0.1) is 29.2 Å². The quantitative estimate of drug-likeness (QED) is 0.865. The minimum Gasteiger partial charge on any atom is -0.497 e. The van der Waals surface area contributed by atoms with Crippen LogP contribution in [0, 0.1) is 24.2 Å². The summed E-state index contributed by atoms with van der Waals surface area (Å²) in [5.41, 5.74) is 1.86. The van der Waals surface area contributed by atoms with Crippen LogP contribution in [-0.2, 0) is 9.84 Å². The van der Waals surface area contributed by atoms with Gasteiger partial charge >= 0.3 is 0 Å². The van der Waals surface area contributed by atoms with Crippen LogP contribution in [0.5, 0.6) is 5.75 Å². The number of hydrogen-bond acceptors (Lipinski definition) is 4. The van der Waals surface area contributed by atoms with Crippen molar-refractivity contribution in [1.82, 2.24) is 0 Å². The molecule has 0 aromatic heterocycles. The molecule has 118 valence electrons. The van der Waals surface area contributed by atoms with Gasteiger partial charge < -0.3 is 4.74 Å². The Kier molecular flexibility index (Phi) is 3.87. The largest absolute Gasteiger partial charge is 0.497 e. The first-order valence-corrected chi connectivity index (χ1v) is 8.88. The molecule has 0 unspecified atom stereocenters. The number of ether oxygens (including phenoxy) is 1. The van der Waals surface area contributed by atoms with E-state index in [1.165, 1.54) is 0 Å². The fraction of sp³-hybridized carbons (Fsp3) is 0.278. The van der Waals surface area contributed by atoms with Crippen molar-refractivity contribution in [1.29, 1.82) is 5.26 Å². The lowest BCUT2D eigenvalue weighted by molar-refractivity contribution is 0.414. The van der Waals surface area contributed by atoms with Crippen LogP contribution in [0.1, 0.15) is 17.0 Å². The number of aryl methyl sites for hydroxylation is 1. The van der Waals surface area contributed by atoms with Crippen molar-refractivity contribution >= 4 is 9.84 Å². The number of hydrogen-bond donors (Lipinski definition) is 0. The van der Waals surface area contributed by atoms with E-state index in [9.17, 15) is 13.7 Å².